The molecule has 1 aliphatic rings. The van der Waals surface area contributed by atoms with Crippen molar-refractivity contribution in [3.05, 3.63) is 94.5 Å². The molecule has 0 unspecified atom stereocenters. The van der Waals surface area contributed by atoms with E-state index >= 15 is 0 Å². The van der Waals surface area contributed by atoms with Crippen molar-refractivity contribution in [3.8, 4) is 5.75 Å². The Morgan fingerprint density at radius 3 is 2.29 bits per heavy atom. The molecule has 6 nitrogen and oxygen atoms in total. The van der Waals surface area contributed by atoms with Crippen LogP contribution in [-0.4, -0.2) is 57.5 Å². The number of nitrogens with zero attached hydrogens (tertiary/aromatic N) is 2. The molecule has 1 heterocycles. The Bertz CT molecular complexity index is 1210. The molecule has 3 aromatic carbocycles. The first-order chi connectivity index (χ1) is 16.8. The average molecular weight is 515 g/mol. The fraction of sp³-hybridized carbons (Fsp3) is 0.333. The van der Waals surface area contributed by atoms with Crippen LogP contribution in [0.25, 0.3) is 0 Å². The number of rotatable bonds is 9. The number of ether oxygens (including phenoxy) is 2. The van der Waals surface area contributed by atoms with E-state index in [-0.39, 0.29) is 11.0 Å². The predicted octanol–water partition coefficient (Wildman–Crippen LogP) is 4.92. The highest BCUT2D eigenvalue weighted by atomic mass is 35.5. The molecule has 1 aliphatic heterocycles. The van der Waals surface area contributed by atoms with Crippen molar-refractivity contribution >= 4 is 21.6 Å². The van der Waals surface area contributed by atoms with E-state index in [1.807, 2.05) is 24.3 Å². The van der Waals surface area contributed by atoms with Gasteiger partial charge in [0.05, 0.1) is 24.7 Å². The number of aryl methyl sites for hydroxylation is 1. The lowest BCUT2D eigenvalue weighted by Gasteiger charge is -2.36. The lowest BCUT2D eigenvalue weighted by molar-refractivity contribution is 0.00762. The molecule has 0 aromatic heterocycles. The molecule has 186 valence electrons. The second-order valence-electron chi connectivity index (χ2n) is 8.72. The van der Waals surface area contributed by atoms with Gasteiger partial charge in [0.25, 0.3) is 0 Å². The smallest absolute Gasteiger partial charge is 0.243 e. The third kappa shape index (κ3) is 6.63. The van der Waals surface area contributed by atoms with Crippen LogP contribution in [0.3, 0.4) is 0 Å². The van der Waals surface area contributed by atoms with Crippen LogP contribution in [0.4, 0.5) is 0 Å². The molecule has 1 saturated heterocycles. The van der Waals surface area contributed by atoms with Crippen LogP contribution < -0.4 is 4.74 Å². The van der Waals surface area contributed by atoms with Crippen molar-refractivity contribution in [2.24, 2.45) is 0 Å². The monoisotopic (exact) mass is 514 g/mol. The van der Waals surface area contributed by atoms with Gasteiger partial charge in [-0.25, -0.2) is 8.42 Å². The zero-order valence-electron chi connectivity index (χ0n) is 20.1. The van der Waals surface area contributed by atoms with Gasteiger partial charge in [0, 0.05) is 37.7 Å². The van der Waals surface area contributed by atoms with Crippen molar-refractivity contribution in [1.82, 2.24) is 9.21 Å². The molecule has 1 atom stereocenters. The Kier molecular flexibility index (Phi) is 8.46. The highest BCUT2D eigenvalue weighted by molar-refractivity contribution is 7.89. The Balaban J connectivity index is 1.43. The summed E-state index contributed by atoms with van der Waals surface area (Å²) in [5, 5.41) is 0.517. The average Bonchev–Trinajstić information content (AvgIpc) is 2.88. The molecule has 0 bridgehead atoms. The van der Waals surface area contributed by atoms with Crippen LogP contribution in [0.1, 0.15) is 22.8 Å². The molecular formula is C27H31ClN2O4S. The normalized spacial score (nSPS) is 16.2. The standard InChI is InChI=1S/C27H31ClN2O4S/c1-21-6-8-22(9-7-21)20-34-27(23-4-3-5-25(18-23)33-2)19-29-14-16-30(17-15-29)35(31,32)26-12-10-24(28)11-13-26/h3-13,18,27H,14-17,19-20H2,1-2H3/t27-/m0/s1. The van der Waals surface area contributed by atoms with E-state index in [9.17, 15) is 8.42 Å². The SMILES string of the molecule is COc1cccc([C@H](CN2CCN(S(=O)(=O)c3ccc(Cl)cc3)CC2)OCc2ccc(C)cc2)c1. The molecule has 0 N–H and O–H groups in total. The number of piperazine rings is 1. The van der Waals surface area contributed by atoms with E-state index in [4.69, 9.17) is 21.1 Å². The maximum Gasteiger partial charge on any atom is 0.243 e. The number of methoxy groups -OCH3 is 1. The Morgan fingerprint density at radius 1 is 0.943 bits per heavy atom. The van der Waals surface area contributed by atoms with Crippen LogP contribution in [-0.2, 0) is 21.4 Å². The maximum absolute atomic E-state index is 13.0. The van der Waals surface area contributed by atoms with Crippen LogP contribution >= 0.6 is 11.6 Å². The molecule has 0 amide bonds. The Morgan fingerprint density at radius 2 is 1.63 bits per heavy atom. The van der Waals surface area contributed by atoms with Crippen molar-refractivity contribution in [2.75, 3.05) is 39.8 Å². The summed E-state index contributed by atoms with van der Waals surface area (Å²) in [6, 6.07) is 22.6. The summed E-state index contributed by atoms with van der Waals surface area (Å²) in [5.74, 6) is 0.783. The largest absolute Gasteiger partial charge is 0.497 e. The summed E-state index contributed by atoms with van der Waals surface area (Å²) in [4.78, 5) is 2.53. The summed E-state index contributed by atoms with van der Waals surface area (Å²) in [6.45, 7) is 5.32. The van der Waals surface area contributed by atoms with Crippen LogP contribution in [0, 0.1) is 6.92 Å². The van der Waals surface area contributed by atoms with Gasteiger partial charge in [-0.05, 0) is 54.4 Å². The minimum Gasteiger partial charge on any atom is -0.497 e. The topological polar surface area (TPSA) is 59.1 Å². The molecule has 4 rings (SSSR count). The van der Waals surface area contributed by atoms with Crippen molar-refractivity contribution in [1.29, 1.82) is 0 Å². The molecular weight excluding hydrogens is 484 g/mol. The number of hydrogen-bond acceptors (Lipinski definition) is 5. The van der Waals surface area contributed by atoms with E-state index in [1.54, 1.807) is 35.7 Å². The second kappa shape index (κ2) is 11.5. The third-order valence-electron chi connectivity index (χ3n) is 6.24. The van der Waals surface area contributed by atoms with Gasteiger partial charge in [0.1, 0.15) is 5.75 Å². The zero-order chi connectivity index (χ0) is 24.8. The molecule has 0 spiro atoms. The van der Waals surface area contributed by atoms with Gasteiger partial charge in [-0.1, -0.05) is 53.6 Å². The minimum atomic E-state index is -3.54. The first kappa shape index (κ1) is 25.7. The van der Waals surface area contributed by atoms with Gasteiger partial charge in [0.15, 0.2) is 0 Å². The molecule has 1 fully saturated rings. The van der Waals surface area contributed by atoms with E-state index in [2.05, 4.69) is 36.1 Å². The van der Waals surface area contributed by atoms with Crippen molar-refractivity contribution < 1.29 is 17.9 Å². The Hall–Kier alpha value is -2.42. The molecule has 0 aliphatic carbocycles. The third-order valence-corrected chi connectivity index (χ3v) is 8.41. The summed E-state index contributed by atoms with van der Waals surface area (Å²) < 4.78 is 39.4. The van der Waals surface area contributed by atoms with Crippen LogP contribution in [0.15, 0.2) is 77.7 Å². The van der Waals surface area contributed by atoms with Gasteiger partial charge >= 0.3 is 0 Å². The fourth-order valence-electron chi connectivity index (χ4n) is 4.12. The molecule has 0 saturated carbocycles. The van der Waals surface area contributed by atoms with Gasteiger partial charge in [-0.2, -0.15) is 4.31 Å². The fourth-order valence-corrected chi connectivity index (χ4v) is 5.67. The first-order valence-corrected chi connectivity index (χ1v) is 13.5. The van der Waals surface area contributed by atoms with E-state index in [1.165, 1.54) is 5.56 Å². The summed E-state index contributed by atoms with van der Waals surface area (Å²) in [6.07, 6.45) is -0.175. The second-order valence-corrected chi connectivity index (χ2v) is 11.1. The van der Waals surface area contributed by atoms with Crippen molar-refractivity contribution in [3.63, 3.8) is 0 Å². The van der Waals surface area contributed by atoms with E-state index < -0.39 is 10.0 Å². The summed E-state index contributed by atoms with van der Waals surface area (Å²) in [5.41, 5.74) is 3.36. The Labute approximate surface area is 213 Å². The first-order valence-electron chi connectivity index (χ1n) is 11.6. The summed E-state index contributed by atoms with van der Waals surface area (Å²) in [7, 11) is -1.89. The number of sulfonamides is 1. The highest BCUT2D eigenvalue weighted by Gasteiger charge is 2.29. The molecule has 0 radical (unpaired) electrons. The summed E-state index contributed by atoms with van der Waals surface area (Å²) >= 11 is 5.92. The van der Waals surface area contributed by atoms with E-state index in [0.717, 1.165) is 16.9 Å². The molecule has 8 heteroatoms. The van der Waals surface area contributed by atoms with Gasteiger partial charge in [-0.3, -0.25) is 4.90 Å². The van der Waals surface area contributed by atoms with Crippen molar-refractivity contribution in [2.45, 2.75) is 24.5 Å². The minimum absolute atomic E-state index is 0.175. The van der Waals surface area contributed by atoms with Gasteiger partial charge in [-0.15, -0.1) is 0 Å². The lowest BCUT2D eigenvalue weighted by Crippen LogP contribution is -2.49. The molecule has 35 heavy (non-hydrogen) atoms. The zero-order valence-corrected chi connectivity index (χ0v) is 21.6. The highest BCUT2D eigenvalue weighted by Crippen LogP contribution is 2.26. The van der Waals surface area contributed by atoms with Crippen LogP contribution in [0.5, 0.6) is 5.75 Å². The van der Waals surface area contributed by atoms with Crippen LogP contribution in [0.2, 0.25) is 5.02 Å². The number of halogens is 1. The van der Waals surface area contributed by atoms with Gasteiger partial charge in [0.2, 0.25) is 10.0 Å². The lowest BCUT2D eigenvalue weighted by atomic mass is 10.1. The quantitative estimate of drug-likeness (QED) is 0.405. The number of benzene rings is 3. The number of hydrogen-bond donors (Lipinski definition) is 0. The molecule has 3 aromatic rings. The van der Waals surface area contributed by atoms with Gasteiger partial charge < -0.3 is 9.47 Å². The predicted molar refractivity (Wildman–Crippen MR) is 138 cm³/mol. The maximum atomic E-state index is 13.0. The van der Waals surface area contributed by atoms with E-state index in [0.29, 0.717) is 44.4 Å².